The van der Waals surface area contributed by atoms with Gasteiger partial charge in [-0.1, -0.05) is 26.8 Å². The minimum atomic E-state index is -1.73. The largest absolute Gasteiger partial charge is 0.392 e. The SMILES string of the molecule is C/C1=C\[C@@H]2[C@H](CC[C@]3(CO3)[C@H](O)[C@@H]3[C@@H](O)[C@@H](C)C[C@]3(O)C1=O)C2(C)C. The molecule has 4 aliphatic rings. The van der Waals surface area contributed by atoms with E-state index in [1.807, 2.05) is 13.0 Å². The molecule has 1 aliphatic heterocycles. The van der Waals surface area contributed by atoms with Crippen molar-refractivity contribution in [2.75, 3.05) is 6.61 Å². The summed E-state index contributed by atoms with van der Waals surface area (Å²) in [5.41, 5.74) is -1.76. The Labute approximate surface area is 149 Å². The number of rotatable bonds is 0. The molecule has 4 rings (SSSR count). The highest BCUT2D eigenvalue weighted by atomic mass is 16.6. The topological polar surface area (TPSA) is 90.3 Å². The van der Waals surface area contributed by atoms with Gasteiger partial charge in [0.25, 0.3) is 0 Å². The highest BCUT2D eigenvalue weighted by molar-refractivity contribution is 6.02. The summed E-state index contributed by atoms with van der Waals surface area (Å²) < 4.78 is 5.66. The van der Waals surface area contributed by atoms with Crippen molar-refractivity contribution in [3.63, 3.8) is 0 Å². The van der Waals surface area contributed by atoms with Crippen molar-refractivity contribution in [3.05, 3.63) is 11.6 Å². The molecule has 0 unspecified atom stereocenters. The van der Waals surface area contributed by atoms with Gasteiger partial charge in [-0.25, -0.2) is 0 Å². The predicted octanol–water partition coefficient (Wildman–Crippen LogP) is 1.45. The fraction of sp³-hybridized carbons (Fsp3) is 0.850. The monoisotopic (exact) mass is 350 g/mol. The van der Waals surface area contributed by atoms with Crippen LogP contribution >= 0.6 is 0 Å². The zero-order chi connectivity index (χ0) is 18.4. The lowest BCUT2D eigenvalue weighted by molar-refractivity contribution is -0.150. The van der Waals surface area contributed by atoms with Crippen molar-refractivity contribution in [2.24, 2.45) is 29.1 Å². The number of hydrogen-bond donors (Lipinski definition) is 3. The fourth-order valence-corrected chi connectivity index (χ4v) is 5.71. The van der Waals surface area contributed by atoms with Crippen molar-refractivity contribution in [1.82, 2.24) is 0 Å². The molecule has 3 N–H and O–H groups in total. The van der Waals surface area contributed by atoms with Crippen LogP contribution in [0.3, 0.4) is 0 Å². The van der Waals surface area contributed by atoms with Crippen LogP contribution < -0.4 is 0 Å². The molecular formula is C20H30O5. The summed E-state index contributed by atoms with van der Waals surface area (Å²) in [6.07, 6.45) is 1.86. The zero-order valence-corrected chi connectivity index (χ0v) is 15.5. The molecule has 8 atom stereocenters. The molecule has 1 heterocycles. The number of aliphatic hydroxyl groups is 3. The van der Waals surface area contributed by atoms with Crippen LogP contribution in [0.15, 0.2) is 11.6 Å². The van der Waals surface area contributed by atoms with Crippen molar-refractivity contribution in [3.8, 4) is 0 Å². The number of allylic oxidation sites excluding steroid dienone is 1. The van der Waals surface area contributed by atoms with Gasteiger partial charge in [-0.3, -0.25) is 4.79 Å². The van der Waals surface area contributed by atoms with Gasteiger partial charge in [-0.2, -0.15) is 0 Å². The lowest BCUT2D eigenvalue weighted by atomic mass is 9.75. The maximum atomic E-state index is 13.1. The Morgan fingerprint density at radius 1 is 1.28 bits per heavy atom. The van der Waals surface area contributed by atoms with E-state index in [2.05, 4.69) is 13.8 Å². The first kappa shape index (κ1) is 17.7. The van der Waals surface area contributed by atoms with E-state index in [1.54, 1.807) is 6.92 Å². The first-order valence-corrected chi connectivity index (χ1v) is 9.50. The van der Waals surface area contributed by atoms with Gasteiger partial charge in [-0.05, 0) is 54.9 Å². The third kappa shape index (κ3) is 2.32. The van der Waals surface area contributed by atoms with Crippen LogP contribution in [0.1, 0.15) is 47.0 Å². The average molecular weight is 350 g/mol. The molecule has 5 nitrogen and oxygen atoms in total. The highest BCUT2D eigenvalue weighted by Gasteiger charge is 2.66. The summed E-state index contributed by atoms with van der Waals surface area (Å²) in [6.45, 7) is 8.42. The minimum Gasteiger partial charge on any atom is -0.392 e. The fourth-order valence-electron chi connectivity index (χ4n) is 5.71. The maximum Gasteiger partial charge on any atom is 0.190 e. The highest BCUT2D eigenvalue weighted by Crippen LogP contribution is 2.63. The number of hydrogen-bond acceptors (Lipinski definition) is 5. The van der Waals surface area contributed by atoms with Crippen molar-refractivity contribution in [1.29, 1.82) is 0 Å². The number of epoxide rings is 1. The van der Waals surface area contributed by atoms with Gasteiger partial charge in [0.15, 0.2) is 5.78 Å². The number of ketones is 1. The lowest BCUT2D eigenvalue weighted by Gasteiger charge is -2.36. The quantitative estimate of drug-likeness (QED) is 0.575. The van der Waals surface area contributed by atoms with E-state index >= 15 is 0 Å². The number of aliphatic hydroxyl groups excluding tert-OH is 2. The van der Waals surface area contributed by atoms with Crippen LogP contribution in [0.5, 0.6) is 0 Å². The Hall–Kier alpha value is -0.750. The number of fused-ring (bicyclic) bond motifs is 2. The van der Waals surface area contributed by atoms with E-state index in [0.717, 1.165) is 6.42 Å². The Bertz CT molecular complexity index is 634. The molecule has 1 spiro atoms. The Morgan fingerprint density at radius 3 is 2.52 bits per heavy atom. The summed E-state index contributed by atoms with van der Waals surface area (Å²) in [4.78, 5) is 13.1. The molecule has 3 fully saturated rings. The molecule has 1 saturated heterocycles. The summed E-state index contributed by atoms with van der Waals surface area (Å²) in [5, 5.41) is 33.0. The Morgan fingerprint density at radius 2 is 1.92 bits per heavy atom. The molecule has 0 aromatic rings. The van der Waals surface area contributed by atoms with Gasteiger partial charge in [0.2, 0.25) is 0 Å². The van der Waals surface area contributed by atoms with Crippen LogP contribution in [0, 0.1) is 29.1 Å². The number of Topliss-reactive ketones (excluding diaryl/α,β-unsaturated/α-hetero) is 1. The second kappa shape index (κ2) is 5.16. The Kier molecular flexibility index (Phi) is 3.64. The summed E-state index contributed by atoms with van der Waals surface area (Å²) >= 11 is 0. The van der Waals surface area contributed by atoms with Gasteiger partial charge in [0.1, 0.15) is 11.2 Å². The molecule has 0 aromatic heterocycles. The molecule has 0 bridgehead atoms. The third-order valence-corrected chi connectivity index (χ3v) is 7.73. The van der Waals surface area contributed by atoms with E-state index in [1.165, 1.54) is 0 Å². The van der Waals surface area contributed by atoms with Gasteiger partial charge >= 0.3 is 0 Å². The maximum absolute atomic E-state index is 13.1. The Balaban J connectivity index is 1.78. The number of carbonyl (C=O) groups is 1. The van der Waals surface area contributed by atoms with E-state index in [9.17, 15) is 20.1 Å². The minimum absolute atomic E-state index is 0.131. The number of ether oxygens (including phenoxy) is 1. The summed E-state index contributed by atoms with van der Waals surface area (Å²) in [5.74, 6) is -0.721. The molecular weight excluding hydrogens is 320 g/mol. The molecule has 3 aliphatic carbocycles. The van der Waals surface area contributed by atoms with Crippen molar-refractivity contribution < 1.29 is 24.9 Å². The predicted molar refractivity (Wildman–Crippen MR) is 91.7 cm³/mol. The summed E-state index contributed by atoms with van der Waals surface area (Å²) in [7, 11) is 0. The van der Waals surface area contributed by atoms with Gasteiger partial charge < -0.3 is 20.1 Å². The first-order valence-electron chi connectivity index (χ1n) is 9.50. The van der Waals surface area contributed by atoms with Crippen LogP contribution in [-0.2, 0) is 9.53 Å². The second-order valence-electron chi connectivity index (χ2n) is 9.59. The van der Waals surface area contributed by atoms with Crippen LogP contribution in [0.4, 0.5) is 0 Å². The van der Waals surface area contributed by atoms with E-state index < -0.39 is 29.3 Å². The van der Waals surface area contributed by atoms with Crippen molar-refractivity contribution in [2.45, 2.75) is 70.4 Å². The molecule has 0 radical (unpaired) electrons. The smallest absolute Gasteiger partial charge is 0.190 e. The van der Waals surface area contributed by atoms with Crippen molar-refractivity contribution >= 4 is 5.78 Å². The molecule has 140 valence electrons. The third-order valence-electron chi connectivity index (χ3n) is 7.73. The average Bonchev–Trinajstić information content (AvgIpc) is 3.39. The van der Waals surface area contributed by atoms with E-state index in [-0.39, 0.29) is 23.5 Å². The van der Waals surface area contributed by atoms with E-state index in [0.29, 0.717) is 30.4 Å². The normalized spacial score (nSPS) is 56.4. The van der Waals surface area contributed by atoms with Crippen LogP contribution in [0.25, 0.3) is 0 Å². The van der Waals surface area contributed by atoms with Gasteiger partial charge in [0, 0.05) is 0 Å². The van der Waals surface area contributed by atoms with Gasteiger partial charge in [0.05, 0.1) is 24.7 Å². The van der Waals surface area contributed by atoms with E-state index in [4.69, 9.17) is 4.74 Å². The lowest BCUT2D eigenvalue weighted by Crippen LogP contribution is -2.54. The molecule has 2 saturated carbocycles. The van der Waals surface area contributed by atoms with Crippen LogP contribution in [0.2, 0.25) is 0 Å². The summed E-state index contributed by atoms with van der Waals surface area (Å²) in [6, 6.07) is 0. The molecule has 5 heteroatoms. The second-order valence-corrected chi connectivity index (χ2v) is 9.59. The molecule has 0 aromatic carbocycles. The first-order chi connectivity index (χ1) is 11.5. The number of carbonyl (C=O) groups excluding carboxylic acids is 1. The molecule has 25 heavy (non-hydrogen) atoms. The molecule has 0 amide bonds. The zero-order valence-electron chi connectivity index (χ0n) is 15.5. The van der Waals surface area contributed by atoms with Crippen LogP contribution in [-0.4, -0.2) is 51.1 Å². The standard InChI is InChI=1S/C20H30O5/c1-10-7-13-12(18(13,3)4)5-6-19(9-25-19)17(23)14-15(21)11(2)8-20(14,24)16(10)22/h7,11-15,17,21,23-24H,5-6,8-9H2,1-4H3/b10-7+/t11-,12-,13+,14-,15-,17+,19-,20+/m0/s1. The van der Waals surface area contributed by atoms with Gasteiger partial charge in [-0.15, -0.1) is 0 Å².